The molecule has 12 heavy (non-hydrogen) atoms. The predicted octanol–water partition coefficient (Wildman–Crippen LogP) is 0.159. The summed E-state index contributed by atoms with van der Waals surface area (Å²) in [6, 6.07) is 0.994. The fourth-order valence-corrected chi connectivity index (χ4v) is 0.577. The number of methoxy groups -OCH3 is 1. The highest BCUT2D eigenvalue weighted by atomic mass is 16.5. The van der Waals surface area contributed by atoms with Crippen molar-refractivity contribution in [2.45, 2.75) is 0 Å². The van der Waals surface area contributed by atoms with Crippen LogP contribution in [-0.2, 0) is 4.74 Å². The molecule has 0 atom stereocenters. The van der Waals surface area contributed by atoms with Crippen LogP contribution >= 0.6 is 0 Å². The first-order valence-corrected chi connectivity index (χ1v) is 2.93. The van der Waals surface area contributed by atoms with E-state index in [2.05, 4.69) is 14.4 Å². The van der Waals surface area contributed by atoms with Gasteiger partial charge in [0.05, 0.1) is 7.11 Å². The molecule has 0 aliphatic rings. The molecule has 6 heteroatoms. The largest absolute Gasteiger partial charge is 0.475 e. The van der Waals surface area contributed by atoms with Gasteiger partial charge in [0.1, 0.15) is 0 Å². The van der Waals surface area contributed by atoms with Crippen LogP contribution in [0.15, 0.2) is 10.6 Å². The number of carboxylic acids is 1. The summed E-state index contributed by atoms with van der Waals surface area (Å²) in [6.45, 7) is 0. The normalized spacial score (nSPS) is 9.42. The van der Waals surface area contributed by atoms with E-state index in [1.165, 1.54) is 0 Å². The molecule has 0 radical (unpaired) electrons. The summed E-state index contributed by atoms with van der Waals surface area (Å²) < 4.78 is 8.57. The Morgan fingerprint density at radius 1 is 1.67 bits per heavy atom. The van der Waals surface area contributed by atoms with Crippen LogP contribution in [-0.4, -0.2) is 29.3 Å². The topological polar surface area (TPSA) is 89.6 Å². The zero-order valence-corrected chi connectivity index (χ0v) is 6.10. The summed E-state index contributed by atoms with van der Waals surface area (Å²) in [4.78, 5) is 21.0. The molecule has 1 N–H and O–H groups in total. The van der Waals surface area contributed by atoms with Crippen LogP contribution in [0.1, 0.15) is 21.0 Å². The van der Waals surface area contributed by atoms with E-state index in [0.29, 0.717) is 0 Å². The van der Waals surface area contributed by atoms with Gasteiger partial charge in [0.2, 0.25) is 5.76 Å². The van der Waals surface area contributed by atoms with Gasteiger partial charge in [0, 0.05) is 6.07 Å². The number of nitrogens with zero attached hydrogens (tertiary/aromatic N) is 1. The molecule has 0 saturated heterocycles. The summed E-state index contributed by atoms with van der Waals surface area (Å²) in [7, 11) is 1.16. The number of carbonyl (C=O) groups is 2. The number of aromatic carboxylic acids is 1. The number of esters is 1. The maximum atomic E-state index is 10.7. The van der Waals surface area contributed by atoms with Crippen molar-refractivity contribution in [1.82, 2.24) is 5.16 Å². The molecule has 0 aliphatic carbocycles. The smallest absolute Gasteiger partial charge is 0.374 e. The molecule has 0 aromatic carbocycles. The van der Waals surface area contributed by atoms with Crippen molar-refractivity contribution in [2.24, 2.45) is 0 Å². The van der Waals surface area contributed by atoms with E-state index in [0.717, 1.165) is 13.2 Å². The lowest BCUT2D eigenvalue weighted by molar-refractivity contribution is 0.0583. The van der Waals surface area contributed by atoms with Crippen molar-refractivity contribution < 1.29 is 24.0 Å². The van der Waals surface area contributed by atoms with Crippen LogP contribution < -0.4 is 0 Å². The monoisotopic (exact) mass is 171 g/mol. The molecular weight excluding hydrogens is 166 g/mol. The second kappa shape index (κ2) is 3.04. The number of carboxylic acid groups (broad SMARTS) is 1. The van der Waals surface area contributed by atoms with Crippen LogP contribution in [0.25, 0.3) is 0 Å². The molecule has 1 aromatic heterocycles. The third-order valence-electron chi connectivity index (χ3n) is 1.12. The molecule has 0 saturated carbocycles. The number of carbonyl (C=O) groups excluding carboxylic acids is 1. The quantitative estimate of drug-likeness (QED) is 0.637. The lowest BCUT2D eigenvalue weighted by Gasteiger charge is -1.88. The third kappa shape index (κ3) is 1.42. The average molecular weight is 171 g/mol. The maximum Gasteiger partial charge on any atom is 0.374 e. The van der Waals surface area contributed by atoms with E-state index in [-0.39, 0.29) is 5.69 Å². The molecule has 64 valence electrons. The Morgan fingerprint density at radius 2 is 2.33 bits per heavy atom. The molecule has 0 aliphatic heterocycles. The van der Waals surface area contributed by atoms with E-state index in [4.69, 9.17) is 5.11 Å². The molecular formula is C6H5NO5. The van der Waals surface area contributed by atoms with Crippen LogP contribution in [0.2, 0.25) is 0 Å². The van der Waals surface area contributed by atoms with Crippen LogP contribution in [0, 0.1) is 0 Å². The number of rotatable bonds is 2. The van der Waals surface area contributed by atoms with Gasteiger partial charge in [-0.2, -0.15) is 0 Å². The molecule has 1 aromatic rings. The van der Waals surface area contributed by atoms with Gasteiger partial charge in [-0.15, -0.1) is 0 Å². The van der Waals surface area contributed by atoms with Crippen LogP contribution in [0.4, 0.5) is 0 Å². The van der Waals surface area contributed by atoms with Gasteiger partial charge in [0.15, 0.2) is 5.69 Å². The standard InChI is InChI=1S/C6H5NO5/c1-11-6(10)3-2-4(5(8)9)12-7-3/h2H,1H3,(H,8,9). The predicted molar refractivity (Wildman–Crippen MR) is 34.8 cm³/mol. The first kappa shape index (κ1) is 8.25. The lowest BCUT2D eigenvalue weighted by atomic mass is 10.4. The van der Waals surface area contributed by atoms with E-state index in [1.807, 2.05) is 0 Å². The number of hydrogen-bond acceptors (Lipinski definition) is 5. The van der Waals surface area contributed by atoms with Crippen LogP contribution in [0.3, 0.4) is 0 Å². The molecule has 1 rings (SSSR count). The number of hydrogen-bond donors (Lipinski definition) is 1. The van der Waals surface area contributed by atoms with Crippen molar-refractivity contribution in [1.29, 1.82) is 0 Å². The molecule has 1 heterocycles. The average Bonchev–Trinajstić information content (AvgIpc) is 2.51. The Morgan fingerprint density at radius 3 is 2.75 bits per heavy atom. The molecule has 0 unspecified atom stereocenters. The molecule has 0 spiro atoms. The number of ether oxygens (including phenoxy) is 1. The first-order chi connectivity index (χ1) is 5.65. The second-order valence-corrected chi connectivity index (χ2v) is 1.87. The van der Waals surface area contributed by atoms with Crippen molar-refractivity contribution in [3.63, 3.8) is 0 Å². The summed E-state index contributed by atoms with van der Waals surface area (Å²) >= 11 is 0. The van der Waals surface area contributed by atoms with E-state index >= 15 is 0 Å². The van der Waals surface area contributed by atoms with Gasteiger partial charge >= 0.3 is 11.9 Å². The Balaban J connectivity index is 2.91. The zero-order chi connectivity index (χ0) is 9.14. The molecule has 0 fully saturated rings. The minimum atomic E-state index is -1.28. The highest BCUT2D eigenvalue weighted by Gasteiger charge is 2.16. The van der Waals surface area contributed by atoms with E-state index in [9.17, 15) is 9.59 Å². The number of aromatic nitrogens is 1. The Hall–Kier alpha value is -1.85. The van der Waals surface area contributed by atoms with Gasteiger partial charge < -0.3 is 14.4 Å². The second-order valence-electron chi connectivity index (χ2n) is 1.87. The Kier molecular flexibility index (Phi) is 2.09. The van der Waals surface area contributed by atoms with E-state index in [1.54, 1.807) is 0 Å². The SMILES string of the molecule is COC(=O)c1cc(C(=O)O)on1. The van der Waals surface area contributed by atoms with Gasteiger partial charge in [0.25, 0.3) is 0 Å². The first-order valence-electron chi connectivity index (χ1n) is 2.93. The maximum absolute atomic E-state index is 10.7. The summed E-state index contributed by atoms with van der Waals surface area (Å²) in [5, 5.41) is 11.5. The minimum absolute atomic E-state index is 0.157. The molecule has 6 nitrogen and oxygen atoms in total. The lowest BCUT2D eigenvalue weighted by Crippen LogP contribution is -2.00. The van der Waals surface area contributed by atoms with Gasteiger partial charge in [-0.1, -0.05) is 5.16 Å². The Labute approximate surface area is 66.7 Å². The minimum Gasteiger partial charge on any atom is -0.475 e. The van der Waals surface area contributed by atoms with Gasteiger partial charge in [-0.05, 0) is 0 Å². The summed E-state index contributed by atoms with van der Waals surface area (Å²) in [5.74, 6) is -2.40. The van der Waals surface area contributed by atoms with Gasteiger partial charge in [-0.3, -0.25) is 0 Å². The molecule has 0 bridgehead atoms. The fourth-order valence-electron chi connectivity index (χ4n) is 0.577. The van der Waals surface area contributed by atoms with Crippen molar-refractivity contribution in [3.05, 3.63) is 17.5 Å². The Bertz CT molecular complexity index is 315. The van der Waals surface area contributed by atoms with Crippen molar-refractivity contribution in [2.75, 3.05) is 7.11 Å². The van der Waals surface area contributed by atoms with Crippen molar-refractivity contribution >= 4 is 11.9 Å². The fraction of sp³-hybridized carbons (Fsp3) is 0.167. The highest BCUT2D eigenvalue weighted by Crippen LogP contribution is 2.03. The molecule has 0 amide bonds. The van der Waals surface area contributed by atoms with Gasteiger partial charge in [-0.25, -0.2) is 9.59 Å². The highest BCUT2D eigenvalue weighted by molar-refractivity contribution is 5.91. The van der Waals surface area contributed by atoms with Crippen LogP contribution in [0.5, 0.6) is 0 Å². The van der Waals surface area contributed by atoms with E-state index < -0.39 is 17.7 Å². The third-order valence-corrected chi connectivity index (χ3v) is 1.12. The zero-order valence-electron chi connectivity index (χ0n) is 6.10. The van der Waals surface area contributed by atoms with Crippen molar-refractivity contribution in [3.8, 4) is 0 Å². The summed E-state index contributed by atoms with van der Waals surface area (Å²) in [5.41, 5.74) is -0.157. The summed E-state index contributed by atoms with van der Waals surface area (Å²) in [6.07, 6.45) is 0.